The molecule has 2 rings (SSSR count). The average molecular weight is 262 g/mol. The minimum Gasteiger partial charge on any atom is -0.398 e. The number of benzene rings is 1. The first-order chi connectivity index (χ1) is 9.11. The number of carbonyl (C=O) groups excluding carboxylic acids is 1. The third kappa shape index (κ3) is 3.26. The van der Waals surface area contributed by atoms with Gasteiger partial charge in [0.1, 0.15) is 0 Å². The Labute approximate surface area is 114 Å². The Balaban J connectivity index is 1.94. The maximum atomic E-state index is 12.1. The van der Waals surface area contributed by atoms with Crippen LogP contribution < -0.4 is 11.1 Å². The molecule has 0 bridgehead atoms. The normalized spacial score (nSPS) is 22.4. The van der Waals surface area contributed by atoms with E-state index in [1.807, 2.05) is 19.1 Å². The average Bonchev–Trinajstić information content (AvgIpc) is 2.83. The number of hydrogen-bond donors (Lipinski definition) is 2. The second kappa shape index (κ2) is 6.06. The summed E-state index contributed by atoms with van der Waals surface area (Å²) in [5.74, 6) is 0.319. The van der Waals surface area contributed by atoms with Crippen LogP contribution >= 0.6 is 0 Å². The van der Waals surface area contributed by atoms with Crippen molar-refractivity contribution in [1.29, 1.82) is 0 Å². The van der Waals surface area contributed by atoms with Gasteiger partial charge in [0.2, 0.25) is 0 Å². The first-order valence-electron chi connectivity index (χ1n) is 6.87. The van der Waals surface area contributed by atoms with Crippen molar-refractivity contribution < 1.29 is 9.53 Å². The summed E-state index contributed by atoms with van der Waals surface area (Å²) in [5.41, 5.74) is 8.02. The summed E-state index contributed by atoms with van der Waals surface area (Å²) in [6.45, 7) is 5.53. The number of ether oxygens (including phenoxy) is 1. The molecule has 19 heavy (non-hydrogen) atoms. The highest BCUT2D eigenvalue weighted by atomic mass is 16.5. The molecule has 1 aromatic rings. The maximum Gasteiger partial charge on any atom is 0.253 e. The van der Waals surface area contributed by atoms with E-state index in [9.17, 15) is 4.79 Å². The van der Waals surface area contributed by atoms with Gasteiger partial charge in [-0.1, -0.05) is 13.0 Å². The molecule has 1 heterocycles. The lowest BCUT2D eigenvalue weighted by Crippen LogP contribution is -2.33. The van der Waals surface area contributed by atoms with Gasteiger partial charge in [0.25, 0.3) is 5.91 Å². The smallest absolute Gasteiger partial charge is 0.253 e. The number of amides is 1. The number of rotatable bonds is 4. The van der Waals surface area contributed by atoms with E-state index >= 15 is 0 Å². The molecule has 2 atom stereocenters. The van der Waals surface area contributed by atoms with E-state index in [0.717, 1.165) is 25.0 Å². The molecule has 0 saturated carbocycles. The molecular weight excluding hydrogens is 240 g/mol. The Morgan fingerprint density at radius 3 is 3.00 bits per heavy atom. The molecule has 4 heteroatoms. The van der Waals surface area contributed by atoms with Gasteiger partial charge in [-0.25, -0.2) is 0 Å². The first-order valence-corrected chi connectivity index (χ1v) is 6.87. The Kier molecular flexibility index (Phi) is 4.43. The van der Waals surface area contributed by atoms with Crippen molar-refractivity contribution in [2.24, 2.45) is 5.92 Å². The summed E-state index contributed by atoms with van der Waals surface area (Å²) in [4.78, 5) is 12.1. The van der Waals surface area contributed by atoms with Crippen LogP contribution in [0.1, 0.15) is 35.7 Å². The molecule has 1 amide bonds. The summed E-state index contributed by atoms with van der Waals surface area (Å²) in [6.07, 6.45) is 2.28. The highest BCUT2D eigenvalue weighted by molar-refractivity contribution is 5.99. The third-order valence-corrected chi connectivity index (χ3v) is 3.73. The van der Waals surface area contributed by atoms with E-state index in [2.05, 4.69) is 12.2 Å². The Hall–Kier alpha value is -1.55. The number of nitrogens with two attached hydrogens (primary N) is 1. The van der Waals surface area contributed by atoms with Crippen molar-refractivity contribution in [3.8, 4) is 0 Å². The molecule has 1 aliphatic rings. The van der Waals surface area contributed by atoms with Gasteiger partial charge >= 0.3 is 0 Å². The quantitative estimate of drug-likeness (QED) is 0.817. The van der Waals surface area contributed by atoms with Gasteiger partial charge in [0.05, 0.1) is 11.7 Å². The molecule has 0 spiro atoms. The molecule has 1 fully saturated rings. The van der Waals surface area contributed by atoms with Crippen LogP contribution in [0.4, 0.5) is 5.69 Å². The lowest BCUT2D eigenvalue weighted by atomic mass is 9.99. The fourth-order valence-corrected chi connectivity index (χ4v) is 2.59. The van der Waals surface area contributed by atoms with Crippen LogP contribution in [0.3, 0.4) is 0 Å². The number of anilines is 1. The molecule has 104 valence electrons. The Morgan fingerprint density at radius 2 is 2.32 bits per heavy atom. The van der Waals surface area contributed by atoms with Crippen LogP contribution in [0.5, 0.6) is 0 Å². The van der Waals surface area contributed by atoms with Gasteiger partial charge in [0, 0.05) is 24.8 Å². The minimum absolute atomic E-state index is 0.0979. The van der Waals surface area contributed by atoms with E-state index < -0.39 is 0 Å². The van der Waals surface area contributed by atoms with Gasteiger partial charge in [0.15, 0.2) is 0 Å². The van der Waals surface area contributed by atoms with E-state index in [1.54, 1.807) is 6.07 Å². The molecule has 2 unspecified atom stereocenters. The molecule has 1 aliphatic heterocycles. The second-order valence-corrected chi connectivity index (χ2v) is 5.17. The van der Waals surface area contributed by atoms with Crippen LogP contribution in [0.2, 0.25) is 0 Å². The number of nitrogen functional groups attached to an aromatic ring is 1. The van der Waals surface area contributed by atoms with Crippen LogP contribution in [-0.2, 0) is 4.74 Å². The number of hydrogen-bond acceptors (Lipinski definition) is 3. The molecule has 0 aromatic heterocycles. The van der Waals surface area contributed by atoms with E-state index in [4.69, 9.17) is 10.5 Å². The highest BCUT2D eigenvalue weighted by Crippen LogP contribution is 2.22. The molecule has 3 N–H and O–H groups in total. The largest absolute Gasteiger partial charge is 0.398 e. The number of nitrogens with one attached hydrogen (secondary N) is 1. The fraction of sp³-hybridized carbons (Fsp3) is 0.533. The topological polar surface area (TPSA) is 64.3 Å². The zero-order valence-corrected chi connectivity index (χ0v) is 11.6. The van der Waals surface area contributed by atoms with E-state index in [-0.39, 0.29) is 12.0 Å². The second-order valence-electron chi connectivity index (χ2n) is 5.17. The molecular formula is C15H22N2O2. The lowest BCUT2D eigenvalue weighted by Gasteiger charge is -2.17. The van der Waals surface area contributed by atoms with E-state index in [0.29, 0.717) is 23.7 Å². The summed E-state index contributed by atoms with van der Waals surface area (Å²) < 4.78 is 5.62. The SMILES string of the molecule is CCC1OCCC1CNC(=O)c1ccc(C)cc1N. The number of aryl methyl sites for hydroxylation is 1. The fourth-order valence-electron chi connectivity index (χ4n) is 2.59. The zero-order valence-electron chi connectivity index (χ0n) is 11.6. The van der Waals surface area contributed by atoms with Gasteiger partial charge in [-0.3, -0.25) is 4.79 Å². The molecule has 0 aliphatic carbocycles. The van der Waals surface area contributed by atoms with Crippen LogP contribution in [-0.4, -0.2) is 25.2 Å². The lowest BCUT2D eigenvalue weighted by molar-refractivity contribution is 0.0827. The minimum atomic E-state index is -0.0979. The van der Waals surface area contributed by atoms with Crippen molar-refractivity contribution in [2.45, 2.75) is 32.8 Å². The number of carbonyl (C=O) groups is 1. The van der Waals surface area contributed by atoms with Gasteiger partial charge in [-0.2, -0.15) is 0 Å². The van der Waals surface area contributed by atoms with Crippen LogP contribution in [0.25, 0.3) is 0 Å². The van der Waals surface area contributed by atoms with Crippen molar-refractivity contribution in [2.75, 3.05) is 18.9 Å². The standard InChI is InChI=1S/C15H22N2O2/c1-3-14-11(6-7-19-14)9-17-15(18)12-5-4-10(2)8-13(12)16/h4-5,8,11,14H,3,6-7,9,16H2,1-2H3,(H,17,18). The summed E-state index contributed by atoms with van der Waals surface area (Å²) in [7, 11) is 0. The molecule has 0 radical (unpaired) electrons. The summed E-state index contributed by atoms with van der Waals surface area (Å²) in [5, 5.41) is 2.97. The summed E-state index contributed by atoms with van der Waals surface area (Å²) in [6, 6.07) is 5.50. The van der Waals surface area contributed by atoms with Gasteiger partial charge in [-0.15, -0.1) is 0 Å². The highest BCUT2D eigenvalue weighted by Gasteiger charge is 2.27. The Morgan fingerprint density at radius 1 is 1.53 bits per heavy atom. The Bertz CT molecular complexity index is 459. The van der Waals surface area contributed by atoms with Crippen molar-refractivity contribution >= 4 is 11.6 Å². The van der Waals surface area contributed by atoms with Gasteiger partial charge in [-0.05, 0) is 37.5 Å². The first kappa shape index (κ1) is 13.9. The zero-order chi connectivity index (χ0) is 13.8. The van der Waals surface area contributed by atoms with Crippen molar-refractivity contribution in [3.05, 3.63) is 29.3 Å². The van der Waals surface area contributed by atoms with Gasteiger partial charge < -0.3 is 15.8 Å². The maximum absolute atomic E-state index is 12.1. The third-order valence-electron chi connectivity index (χ3n) is 3.73. The molecule has 4 nitrogen and oxygen atoms in total. The predicted octanol–water partition coefficient (Wildman–Crippen LogP) is 2.12. The van der Waals surface area contributed by atoms with E-state index in [1.165, 1.54) is 0 Å². The molecule has 1 aromatic carbocycles. The molecule has 1 saturated heterocycles. The predicted molar refractivity (Wildman–Crippen MR) is 76.1 cm³/mol. The van der Waals surface area contributed by atoms with Crippen LogP contribution in [0.15, 0.2) is 18.2 Å². The van der Waals surface area contributed by atoms with Crippen LogP contribution in [0, 0.1) is 12.8 Å². The monoisotopic (exact) mass is 262 g/mol. The van der Waals surface area contributed by atoms with Crippen molar-refractivity contribution in [3.63, 3.8) is 0 Å². The summed E-state index contributed by atoms with van der Waals surface area (Å²) >= 11 is 0. The van der Waals surface area contributed by atoms with Crippen molar-refractivity contribution in [1.82, 2.24) is 5.32 Å².